The molecule has 1 aliphatic heterocycles. The van der Waals surface area contributed by atoms with Crippen LogP contribution in [-0.2, 0) is 9.59 Å². The molecule has 3 N–H and O–H groups in total. The molecule has 74 valence electrons. The van der Waals surface area contributed by atoms with Crippen molar-refractivity contribution in [3.63, 3.8) is 0 Å². The normalized spacial score (nSPS) is 28.1. The van der Waals surface area contributed by atoms with Gasteiger partial charge in [0.2, 0.25) is 5.91 Å². The number of hydrogen-bond acceptors (Lipinski definition) is 3. The van der Waals surface area contributed by atoms with Gasteiger partial charge in [-0.05, 0) is 19.4 Å². The number of rotatable bonds is 2. The Morgan fingerprint density at radius 1 is 1.54 bits per heavy atom. The summed E-state index contributed by atoms with van der Waals surface area (Å²) in [5.74, 6) is -0.953. The van der Waals surface area contributed by atoms with Crippen LogP contribution >= 0.6 is 0 Å². The third kappa shape index (κ3) is 3.02. The van der Waals surface area contributed by atoms with Gasteiger partial charge in [0.05, 0.1) is 0 Å². The first-order valence-corrected chi connectivity index (χ1v) is 4.33. The lowest BCUT2D eigenvalue weighted by atomic mass is 9.99. The molecule has 0 unspecified atom stereocenters. The molecular weight excluding hydrogens is 172 g/mol. The summed E-state index contributed by atoms with van der Waals surface area (Å²) < 4.78 is 0. The fourth-order valence-corrected chi connectivity index (χ4v) is 1.52. The summed E-state index contributed by atoms with van der Waals surface area (Å²) in [6.07, 6.45) is 1.26. The molecule has 5 nitrogen and oxygen atoms in total. The predicted octanol–water partition coefficient (Wildman–Crippen LogP) is -0.672. The summed E-state index contributed by atoms with van der Waals surface area (Å²) in [6, 6.07) is -0.523. The minimum absolute atomic E-state index is 0.000139. The van der Waals surface area contributed by atoms with Gasteiger partial charge in [0.25, 0.3) is 0 Å². The van der Waals surface area contributed by atoms with Crippen molar-refractivity contribution in [3.8, 4) is 0 Å². The third-order valence-electron chi connectivity index (χ3n) is 2.11. The van der Waals surface area contributed by atoms with Crippen LogP contribution in [0.15, 0.2) is 0 Å². The maximum atomic E-state index is 10.7. The molecule has 0 bridgehead atoms. The van der Waals surface area contributed by atoms with E-state index in [2.05, 4.69) is 10.6 Å². The fraction of sp³-hybridized carbons (Fsp3) is 0.750. The summed E-state index contributed by atoms with van der Waals surface area (Å²) in [7, 11) is 0. The number of carbonyl (C=O) groups is 2. The molecule has 0 aromatic carbocycles. The Kier molecular flexibility index (Phi) is 3.25. The van der Waals surface area contributed by atoms with Gasteiger partial charge in [-0.3, -0.25) is 9.59 Å². The quantitative estimate of drug-likeness (QED) is 0.534. The van der Waals surface area contributed by atoms with E-state index in [-0.39, 0.29) is 11.9 Å². The highest BCUT2D eigenvalue weighted by atomic mass is 16.4. The van der Waals surface area contributed by atoms with Crippen molar-refractivity contribution in [1.82, 2.24) is 10.6 Å². The van der Waals surface area contributed by atoms with E-state index in [1.165, 1.54) is 6.92 Å². The second kappa shape index (κ2) is 4.23. The average Bonchev–Trinajstić information content (AvgIpc) is 2.03. The van der Waals surface area contributed by atoms with Gasteiger partial charge >= 0.3 is 5.97 Å². The van der Waals surface area contributed by atoms with Gasteiger partial charge in [0.1, 0.15) is 6.04 Å². The van der Waals surface area contributed by atoms with Crippen molar-refractivity contribution >= 4 is 11.9 Å². The molecule has 0 spiro atoms. The highest BCUT2D eigenvalue weighted by molar-refractivity contribution is 5.75. The summed E-state index contributed by atoms with van der Waals surface area (Å²) >= 11 is 0. The zero-order valence-corrected chi connectivity index (χ0v) is 7.54. The largest absolute Gasteiger partial charge is 0.480 e. The smallest absolute Gasteiger partial charge is 0.320 e. The molecular formula is C8H14N2O3. The lowest BCUT2D eigenvalue weighted by Gasteiger charge is -2.27. The molecule has 2 atom stereocenters. The van der Waals surface area contributed by atoms with Gasteiger partial charge in [-0.1, -0.05) is 0 Å². The molecule has 1 amide bonds. The Bertz CT molecular complexity index is 217. The summed E-state index contributed by atoms with van der Waals surface area (Å²) in [5, 5.41) is 14.3. The Morgan fingerprint density at radius 3 is 2.77 bits per heavy atom. The number of carboxylic acids is 1. The van der Waals surface area contributed by atoms with Crippen molar-refractivity contribution in [2.75, 3.05) is 6.54 Å². The van der Waals surface area contributed by atoms with Crippen molar-refractivity contribution in [1.29, 1.82) is 0 Å². The highest BCUT2D eigenvalue weighted by Gasteiger charge is 2.26. The van der Waals surface area contributed by atoms with E-state index in [0.717, 1.165) is 6.42 Å². The molecule has 13 heavy (non-hydrogen) atoms. The van der Waals surface area contributed by atoms with Crippen LogP contribution in [-0.4, -0.2) is 35.6 Å². The lowest BCUT2D eigenvalue weighted by molar-refractivity contribution is -0.140. The minimum Gasteiger partial charge on any atom is -0.480 e. The molecule has 0 aromatic heterocycles. The van der Waals surface area contributed by atoms with Crippen LogP contribution in [0, 0.1) is 0 Å². The molecule has 1 aliphatic rings. The second-order valence-corrected chi connectivity index (χ2v) is 3.27. The Labute approximate surface area is 76.5 Å². The van der Waals surface area contributed by atoms with Crippen LogP contribution in [0.1, 0.15) is 19.8 Å². The fourth-order valence-electron chi connectivity index (χ4n) is 1.52. The number of carbonyl (C=O) groups excluding carboxylic acids is 1. The lowest BCUT2D eigenvalue weighted by Crippen LogP contribution is -2.50. The van der Waals surface area contributed by atoms with Crippen LogP contribution in [0.3, 0.4) is 0 Å². The number of hydrogen-bond donors (Lipinski definition) is 3. The monoisotopic (exact) mass is 186 g/mol. The molecule has 0 saturated carbocycles. The van der Waals surface area contributed by atoms with E-state index in [1.807, 2.05) is 0 Å². The Hall–Kier alpha value is -1.10. The minimum atomic E-state index is -0.852. The van der Waals surface area contributed by atoms with Crippen LogP contribution in [0.25, 0.3) is 0 Å². The molecule has 1 rings (SSSR count). The zero-order chi connectivity index (χ0) is 9.84. The summed E-state index contributed by atoms with van der Waals surface area (Å²) in [5.41, 5.74) is 0. The van der Waals surface area contributed by atoms with Crippen molar-refractivity contribution in [3.05, 3.63) is 0 Å². The van der Waals surface area contributed by atoms with Crippen LogP contribution in [0.4, 0.5) is 0 Å². The SMILES string of the molecule is CC(=O)N[C@@H]1CCN[C@@H](C(=O)O)C1. The zero-order valence-electron chi connectivity index (χ0n) is 7.54. The molecule has 0 aliphatic carbocycles. The van der Waals surface area contributed by atoms with Crippen LogP contribution < -0.4 is 10.6 Å². The maximum Gasteiger partial charge on any atom is 0.320 e. The average molecular weight is 186 g/mol. The third-order valence-corrected chi connectivity index (χ3v) is 2.11. The van der Waals surface area contributed by atoms with Gasteiger partial charge in [-0.2, -0.15) is 0 Å². The van der Waals surface area contributed by atoms with E-state index in [1.54, 1.807) is 0 Å². The highest BCUT2D eigenvalue weighted by Crippen LogP contribution is 2.08. The van der Waals surface area contributed by atoms with Gasteiger partial charge in [0.15, 0.2) is 0 Å². The summed E-state index contributed by atoms with van der Waals surface area (Å²) in [6.45, 7) is 2.08. The van der Waals surface area contributed by atoms with E-state index in [0.29, 0.717) is 13.0 Å². The first-order chi connectivity index (χ1) is 6.09. The number of piperidine rings is 1. The number of aliphatic carboxylic acids is 1. The number of nitrogens with one attached hydrogen (secondary N) is 2. The van der Waals surface area contributed by atoms with Gasteiger partial charge in [0, 0.05) is 13.0 Å². The van der Waals surface area contributed by atoms with E-state index >= 15 is 0 Å². The van der Waals surface area contributed by atoms with Gasteiger partial charge < -0.3 is 15.7 Å². The topological polar surface area (TPSA) is 78.4 Å². The van der Waals surface area contributed by atoms with E-state index in [4.69, 9.17) is 5.11 Å². The molecule has 0 radical (unpaired) electrons. The summed E-state index contributed by atoms with van der Waals surface area (Å²) in [4.78, 5) is 21.3. The van der Waals surface area contributed by atoms with Crippen molar-refractivity contribution < 1.29 is 14.7 Å². The molecule has 5 heteroatoms. The predicted molar refractivity (Wildman–Crippen MR) is 46.3 cm³/mol. The first kappa shape index (κ1) is 9.98. The Morgan fingerprint density at radius 2 is 2.23 bits per heavy atom. The molecule has 1 heterocycles. The van der Waals surface area contributed by atoms with Gasteiger partial charge in [-0.25, -0.2) is 0 Å². The van der Waals surface area contributed by atoms with E-state index < -0.39 is 12.0 Å². The maximum absolute atomic E-state index is 10.7. The molecule has 1 fully saturated rings. The van der Waals surface area contributed by atoms with Crippen molar-refractivity contribution in [2.45, 2.75) is 31.8 Å². The molecule has 0 aromatic rings. The van der Waals surface area contributed by atoms with Crippen LogP contribution in [0.2, 0.25) is 0 Å². The van der Waals surface area contributed by atoms with Gasteiger partial charge in [-0.15, -0.1) is 0 Å². The first-order valence-electron chi connectivity index (χ1n) is 4.33. The number of carboxylic acid groups (broad SMARTS) is 1. The Balaban J connectivity index is 2.41. The van der Waals surface area contributed by atoms with Crippen LogP contribution in [0.5, 0.6) is 0 Å². The number of amides is 1. The van der Waals surface area contributed by atoms with Crippen molar-refractivity contribution in [2.24, 2.45) is 0 Å². The standard InChI is InChI=1S/C8H14N2O3/c1-5(11)10-6-2-3-9-7(4-6)8(12)13/h6-7,9H,2-4H2,1H3,(H,10,11)(H,12,13)/t6-,7-/m1/s1. The second-order valence-electron chi connectivity index (χ2n) is 3.27. The van der Waals surface area contributed by atoms with E-state index in [9.17, 15) is 9.59 Å². The molecule has 1 saturated heterocycles.